The van der Waals surface area contributed by atoms with Crippen molar-refractivity contribution in [3.63, 3.8) is 0 Å². The average molecular weight is 648 g/mol. The lowest BCUT2D eigenvalue weighted by Gasteiger charge is -2.39. The molecule has 2 N–H and O–H groups in total. The Labute approximate surface area is 281 Å². The maximum absolute atomic E-state index is 14.6. The molecule has 0 saturated carbocycles. The Kier molecular flexibility index (Phi) is 14.1. The van der Waals surface area contributed by atoms with Gasteiger partial charge in [-0.1, -0.05) is 75.2 Å². The minimum atomic E-state index is -1.24. The van der Waals surface area contributed by atoms with Gasteiger partial charge in [-0.25, -0.2) is 9.59 Å². The van der Waals surface area contributed by atoms with Gasteiger partial charge in [0.15, 0.2) is 0 Å². The molecular formula is C38H53N3O6. The molecule has 2 aromatic carbocycles. The van der Waals surface area contributed by atoms with Crippen molar-refractivity contribution < 1.29 is 28.7 Å². The number of benzene rings is 2. The molecular weight excluding hydrogens is 594 g/mol. The minimum Gasteiger partial charge on any atom is -0.458 e. The van der Waals surface area contributed by atoms with E-state index in [1.54, 1.807) is 65.8 Å². The summed E-state index contributed by atoms with van der Waals surface area (Å²) in [5.41, 5.74) is 0.0749. The van der Waals surface area contributed by atoms with E-state index in [0.29, 0.717) is 24.0 Å². The van der Waals surface area contributed by atoms with E-state index in [9.17, 15) is 19.2 Å². The molecule has 0 aliphatic carbocycles. The van der Waals surface area contributed by atoms with Crippen LogP contribution in [-0.2, 0) is 30.3 Å². The monoisotopic (exact) mass is 647 g/mol. The molecule has 2 aromatic rings. The summed E-state index contributed by atoms with van der Waals surface area (Å²) in [4.78, 5) is 57.2. The zero-order valence-electron chi connectivity index (χ0n) is 29.7. The van der Waals surface area contributed by atoms with E-state index in [-0.39, 0.29) is 12.3 Å². The van der Waals surface area contributed by atoms with Gasteiger partial charge in [-0.2, -0.15) is 0 Å². The first kappa shape index (κ1) is 38.9. The van der Waals surface area contributed by atoms with Gasteiger partial charge in [0, 0.05) is 18.0 Å². The predicted octanol–water partition coefficient (Wildman–Crippen LogP) is 6.34. The number of carbonyl (C=O) groups excluding carboxylic acids is 4. The van der Waals surface area contributed by atoms with Crippen LogP contribution >= 0.6 is 0 Å². The van der Waals surface area contributed by atoms with Crippen molar-refractivity contribution in [3.05, 3.63) is 71.3 Å². The highest BCUT2D eigenvalue weighted by Crippen LogP contribution is 2.30. The average Bonchev–Trinajstić information content (AvgIpc) is 2.96. The number of amides is 3. The third-order valence-corrected chi connectivity index (χ3v) is 7.24. The molecule has 3 amide bonds. The SMILES string of the molecule is C#Cc1ccccc1C(C(=O)NC(Cc1ccccc1)C(=O)OC(C)(C)C)N(C(=O)C(CC(C)C)NC(=O)OC(C)(C)C)C(C)CC. The van der Waals surface area contributed by atoms with E-state index in [1.165, 1.54) is 4.90 Å². The van der Waals surface area contributed by atoms with Crippen molar-refractivity contribution >= 4 is 23.9 Å². The number of nitrogens with zero attached hydrogens (tertiary/aromatic N) is 1. The third kappa shape index (κ3) is 12.4. The zero-order chi connectivity index (χ0) is 35.5. The van der Waals surface area contributed by atoms with Gasteiger partial charge in [0.2, 0.25) is 11.8 Å². The van der Waals surface area contributed by atoms with Gasteiger partial charge in [0.05, 0.1) is 0 Å². The Morgan fingerprint density at radius 3 is 1.94 bits per heavy atom. The van der Waals surface area contributed by atoms with E-state index in [4.69, 9.17) is 15.9 Å². The highest BCUT2D eigenvalue weighted by molar-refractivity contribution is 5.94. The van der Waals surface area contributed by atoms with E-state index in [2.05, 4.69) is 16.6 Å². The first-order chi connectivity index (χ1) is 21.9. The highest BCUT2D eigenvalue weighted by Gasteiger charge is 2.41. The Morgan fingerprint density at radius 2 is 1.40 bits per heavy atom. The molecule has 0 aliphatic heterocycles. The van der Waals surface area contributed by atoms with Crippen LogP contribution in [0.1, 0.15) is 105 Å². The van der Waals surface area contributed by atoms with Gasteiger partial charge in [0.25, 0.3) is 0 Å². The molecule has 9 heteroatoms. The molecule has 0 heterocycles. The number of esters is 1. The predicted molar refractivity (Wildman–Crippen MR) is 184 cm³/mol. The summed E-state index contributed by atoms with van der Waals surface area (Å²) in [5, 5.41) is 5.67. The normalized spacial score (nSPS) is 14.2. The summed E-state index contributed by atoms with van der Waals surface area (Å²) in [5.74, 6) is 0.988. The van der Waals surface area contributed by atoms with Gasteiger partial charge >= 0.3 is 12.1 Å². The van der Waals surface area contributed by atoms with Gasteiger partial charge in [-0.15, -0.1) is 6.42 Å². The second-order valence-corrected chi connectivity index (χ2v) is 14.2. The van der Waals surface area contributed by atoms with Crippen LogP contribution in [0.15, 0.2) is 54.6 Å². The molecule has 0 fully saturated rings. The standard InChI is InChI=1S/C38H53N3O6/c1-12-26(5)41(34(43)30(23-25(3)4)40-36(45)47-38(9,10)11)32(29-22-18-17-21-28(29)13-2)33(42)39-31(35(44)46-37(6,7)8)24-27-19-15-14-16-20-27/h2,14-22,25-26,30-32H,12,23-24H2,1,3-11H3,(H,39,42)(H,40,45). The first-order valence-electron chi connectivity index (χ1n) is 16.3. The van der Waals surface area contributed by atoms with Crippen molar-refractivity contribution in [2.24, 2.45) is 5.92 Å². The zero-order valence-corrected chi connectivity index (χ0v) is 29.7. The molecule has 0 aromatic heterocycles. The van der Waals surface area contributed by atoms with Crippen LogP contribution in [0.3, 0.4) is 0 Å². The van der Waals surface area contributed by atoms with E-state index in [0.717, 1.165) is 5.56 Å². The van der Waals surface area contributed by atoms with Crippen LogP contribution in [0.25, 0.3) is 0 Å². The second kappa shape index (κ2) is 17.0. The molecule has 0 bridgehead atoms. The van der Waals surface area contributed by atoms with Crippen molar-refractivity contribution in [3.8, 4) is 12.3 Å². The quantitative estimate of drug-likeness (QED) is 0.194. The Morgan fingerprint density at radius 1 is 0.830 bits per heavy atom. The summed E-state index contributed by atoms with van der Waals surface area (Å²) in [6, 6.07) is 12.4. The lowest BCUT2D eigenvalue weighted by Crippen LogP contribution is -2.57. The summed E-state index contributed by atoms with van der Waals surface area (Å²) in [6.45, 7) is 18.1. The van der Waals surface area contributed by atoms with Crippen molar-refractivity contribution in [2.45, 2.75) is 124 Å². The molecule has 0 aliphatic rings. The largest absolute Gasteiger partial charge is 0.458 e. The molecule has 0 radical (unpaired) electrons. The number of ether oxygens (including phenoxy) is 2. The summed E-state index contributed by atoms with van der Waals surface area (Å²) in [6.07, 6.45) is 6.13. The summed E-state index contributed by atoms with van der Waals surface area (Å²) in [7, 11) is 0. The van der Waals surface area contributed by atoms with Crippen molar-refractivity contribution in [1.29, 1.82) is 0 Å². The number of nitrogens with one attached hydrogen (secondary N) is 2. The fourth-order valence-electron chi connectivity index (χ4n) is 5.07. The molecule has 9 nitrogen and oxygen atoms in total. The Bertz CT molecular complexity index is 1400. The number of terminal acetylenes is 1. The number of rotatable bonds is 13. The number of hydrogen-bond acceptors (Lipinski definition) is 6. The topological polar surface area (TPSA) is 114 Å². The van der Waals surface area contributed by atoms with Crippen LogP contribution in [0, 0.1) is 18.3 Å². The van der Waals surface area contributed by atoms with E-state index in [1.807, 2.05) is 58.0 Å². The van der Waals surface area contributed by atoms with Gasteiger partial charge in [-0.3, -0.25) is 9.59 Å². The first-order valence-corrected chi connectivity index (χ1v) is 16.3. The van der Waals surface area contributed by atoms with Crippen LogP contribution in [-0.4, -0.2) is 58.1 Å². The van der Waals surface area contributed by atoms with Crippen molar-refractivity contribution in [1.82, 2.24) is 15.5 Å². The minimum absolute atomic E-state index is 0.0189. The highest BCUT2D eigenvalue weighted by atomic mass is 16.6. The molecule has 0 saturated heterocycles. The lowest BCUT2D eigenvalue weighted by molar-refractivity contribution is -0.159. The molecule has 2 rings (SSSR count). The molecule has 0 spiro atoms. The number of hydrogen-bond donors (Lipinski definition) is 2. The van der Waals surface area contributed by atoms with Crippen LogP contribution in [0.4, 0.5) is 4.79 Å². The summed E-state index contributed by atoms with van der Waals surface area (Å²) >= 11 is 0. The smallest absolute Gasteiger partial charge is 0.408 e. The molecule has 256 valence electrons. The number of carbonyl (C=O) groups is 4. The Hall–Kier alpha value is -4.32. The lowest BCUT2D eigenvalue weighted by atomic mass is 9.94. The van der Waals surface area contributed by atoms with Crippen LogP contribution < -0.4 is 10.6 Å². The second-order valence-electron chi connectivity index (χ2n) is 14.2. The number of alkyl carbamates (subject to hydrolysis) is 1. The fourth-order valence-corrected chi connectivity index (χ4v) is 5.07. The summed E-state index contributed by atoms with van der Waals surface area (Å²) < 4.78 is 11.2. The van der Waals surface area contributed by atoms with Gasteiger partial charge in [0.1, 0.15) is 29.3 Å². The van der Waals surface area contributed by atoms with Crippen LogP contribution in [0.5, 0.6) is 0 Å². The molecule has 47 heavy (non-hydrogen) atoms. The third-order valence-electron chi connectivity index (χ3n) is 7.24. The van der Waals surface area contributed by atoms with Crippen molar-refractivity contribution in [2.75, 3.05) is 0 Å². The van der Waals surface area contributed by atoms with Gasteiger partial charge < -0.3 is 25.0 Å². The fraction of sp³-hybridized carbons (Fsp3) is 0.526. The van der Waals surface area contributed by atoms with Crippen LogP contribution in [0.2, 0.25) is 0 Å². The molecule has 4 atom stereocenters. The maximum atomic E-state index is 14.6. The Balaban J connectivity index is 2.70. The van der Waals surface area contributed by atoms with E-state index < -0.39 is 59.2 Å². The maximum Gasteiger partial charge on any atom is 0.408 e. The van der Waals surface area contributed by atoms with Gasteiger partial charge in [-0.05, 0) is 84.4 Å². The molecule has 4 unspecified atom stereocenters. The van der Waals surface area contributed by atoms with E-state index >= 15 is 0 Å².